The monoisotopic (exact) mass is 284 g/mol. The first-order chi connectivity index (χ1) is 9.20. The van der Waals surface area contributed by atoms with Gasteiger partial charge in [0.15, 0.2) is 0 Å². The molecule has 0 spiro atoms. The fraction of sp³-hybridized carbons (Fsp3) is 0.571. The first kappa shape index (κ1) is 14.6. The van der Waals surface area contributed by atoms with Crippen LogP contribution in [0.4, 0.5) is 0 Å². The van der Waals surface area contributed by atoms with E-state index >= 15 is 0 Å². The van der Waals surface area contributed by atoms with Crippen LogP contribution in [0.15, 0.2) is 18.2 Å². The topological polar surface area (TPSA) is 55.7 Å². The zero-order valence-corrected chi connectivity index (χ0v) is 11.7. The van der Waals surface area contributed by atoms with Crippen molar-refractivity contribution in [2.75, 3.05) is 26.2 Å². The number of aromatic hydroxyl groups is 1. The van der Waals surface area contributed by atoms with Gasteiger partial charge in [-0.2, -0.15) is 0 Å². The predicted molar refractivity (Wildman–Crippen MR) is 76.5 cm³/mol. The molecule has 1 saturated heterocycles. The number of hydrogen-bond donors (Lipinski definition) is 3. The SMILES string of the molecule is OCCN(Cc1c(O)cccc1Cl)CC1CCCN1. The summed E-state index contributed by atoms with van der Waals surface area (Å²) in [5, 5.41) is 23.1. The number of hydrogen-bond acceptors (Lipinski definition) is 4. The number of aliphatic hydroxyl groups excluding tert-OH is 1. The second kappa shape index (κ2) is 7.10. The molecule has 5 heteroatoms. The third-order valence-corrected chi connectivity index (χ3v) is 3.89. The maximum Gasteiger partial charge on any atom is 0.121 e. The number of benzene rings is 1. The third kappa shape index (κ3) is 4.08. The Morgan fingerprint density at radius 3 is 2.89 bits per heavy atom. The molecule has 0 saturated carbocycles. The number of rotatable bonds is 6. The van der Waals surface area contributed by atoms with E-state index < -0.39 is 0 Å². The lowest BCUT2D eigenvalue weighted by Crippen LogP contribution is -2.38. The minimum atomic E-state index is 0.109. The van der Waals surface area contributed by atoms with Crippen LogP contribution in [-0.2, 0) is 6.54 Å². The van der Waals surface area contributed by atoms with Crippen molar-refractivity contribution in [1.29, 1.82) is 0 Å². The fourth-order valence-corrected chi connectivity index (χ4v) is 2.76. The van der Waals surface area contributed by atoms with Crippen molar-refractivity contribution < 1.29 is 10.2 Å². The van der Waals surface area contributed by atoms with E-state index in [9.17, 15) is 5.11 Å². The molecule has 3 N–H and O–H groups in total. The van der Waals surface area contributed by atoms with Crippen molar-refractivity contribution in [3.8, 4) is 5.75 Å². The summed E-state index contributed by atoms with van der Waals surface area (Å²) in [5.74, 6) is 0.217. The number of aliphatic hydroxyl groups is 1. The summed E-state index contributed by atoms with van der Waals surface area (Å²) in [7, 11) is 0. The highest BCUT2D eigenvalue weighted by Gasteiger charge is 2.19. The first-order valence-corrected chi connectivity index (χ1v) is 7.11. The van der Waals surface area contributed by atoms with Crippen molar-refractivity contribution in [1.82, 2.24) is 10.2 Å². The van der Waals surface area contributed by atoms with E-state index in [1.54, 1.807) is 18.2 Å². The Bertz CT molecular complexity index is 388. The van der Waals surface area contributed by atoms with Crippen LogP contribution in [0.25, 0.3) is 0 Å². The van der Waals surface area contributed by atoms with Gasteiger partial charge in [-0.3, -0.25) is 4.90 Å². The lowest BCUT2D eigenvalue weighted by molar-refractivity contribution is 0.178. The minimum absolute atomic E-state index is 0.109. The molecule has 0 amide bonds. The van der Waals surface area contributed by atoms with Crippen LogP contribution in [-0.4, -0.2) is 47.4 Å². The molecule has 0 aromatic heterocycles. The van der Waals surface area contributed by atoms with Gasteiger partial charge in [0.25, 0.3) is 0 Å². The molecule has 1 aromatic rings. The van der Waals surface area contributed by atoms with Crippen LogP contribution in [0, 0.1) is 0 Å². The quantitative estimate of drug-likeness (QED) is 0.743. The van der Waals surface area contributed by atoms with E-state index in [4.69, 9.17) is 16.7 Å². The van der Waals surface area contributed by atoms with Crippen LogP contribution in [0.5, 0.6) is 5.75 Å². The Morgan fingerprint density at radius 1 is 1.42 bits per heavy atom. The van der Waals surface area contributed by atoms with E-state index in [-0.39, 0.29) is 12.4 Å². The minimum Gasteiger partial charge on any atom is -0.508 e. The van der Waals surface area contributed by atoms with Gasteiger partial charge in [0.2, 0.25) is 0 Å². The molecular weight excluding hydrogens is 264 g/mol. The van der Waals surface area contributed by atoms with Crippen LogP contribution in [0.2, 0.25) is 5.02 Å². The molecular formula is C14H21ClN2O2. The van der Waals surface area contributed by atoms with E-state index in [0.29, 0.717) is 24.2 Å². The summed E-state index contributed by atoms with van der Waals surface area (Å²) in [4.78, 5) is 2.13. The molecule has 1 heterocycles. The van der Waals surface area contributed by atoms with Crippen molar-refractivity contribution in [3.63, 3.8) is 0 Å². The lowest BCUT2D eigenvalue weighted by Gasteiger charge is -2.25. The summed E-state index contributed by atoms with van der Waals surface area (Å²) in [6.45, 7) is 3.19. The van der Waals surface area contributed by atoms with Crippen molar-refractivity contribution in [3.05, 3.63) is 28.8 Å². The maximum absolute atomic E-state index is 9.88. The second-order valence-electron chi connectivity index (χ2n) is 4.99. The zero-order valence-electron chi connectivity index (χ0n) is 11.0. The Kier molecular flexibility index (Phi) is 5.45. The van der Waals surface area contributed by atoms with Crippen molar-refractivity contribution in [2.24, 2.45) is 0 Å². The van der Waals surface area contributed by atoms with Gasteiger partial charge in [0.05, 0.1) is 6.61 Å². The number of phenols is 1. The smallest absolute Gasteiger partial charge is 0.121 e. The van der Waals surface area contributed by atoms with E-state index in [1.807, 2.05) is 0 Å². The summed E-state index contributed by atoms with van der Waals surface area (Å²) in [6, 6.07) is 5.63. The molecule has 106 valence electrons. The average Bonchev–Trinajstić information content (AvgIpc) is 2.87. The predicted octanol–water partition coefficient (Wildman–Crippen LogP) is 1.59. The Labute approximate surface area is 119 Å². The van der Waals surface area contributed by atoms with Crippen LogP contribution >= 0.6 is 11.6 Å². The molecule has 1 atom stereocenters. The highest BCUT2D eigenvalue weighted by molar-refractivity contribution is 6.31. The Hall–Kier alpha value is -0.810. The second-order valence-corrected chi connectivity index (χ2v) is 5.40. The molecule has 1 aliphatic heterocycles. The molecule has 0 bridgehead atoms. The van der Waals surface area contributed by atoms with Gasteiger partial charge in [-0.25, -0.2) is 0 Å². The molecule has 1 aromatic carbocycles. The van der Waals surface area contributed by atoms with Crippen molar-refractivity contribution >= 4 is 11.6 Å². The van der Waals surface area contributed by atoms with Gasteiger partial charge in [0, 0.05) is 36.3 Å². The molecule has 4 nitrogen and oxygen atoms in total. The van der Waals surface area contributed by atoms with Crippen LogP contribution in [0.1, 0.15) is 18.4 Å². The van der Waals surface area contributed by atoms with Crippen molar-refractivity contribution in [2.45, 2.75) is 25.4 Å². The highest BCUT2D eigenvalue weighted by Crippen LogP contribution is 2.26. The Morgan fingerprint density at radius 2 is 2.26 bits per heavy atom. The van der Waals surface area contributed by atoms with Crippen LogP contribution in [0.3, 0.4) is 0 Å². The van der Waals surface area contributed by atoms with Crippen LogP contribution < -0.4 is 5.32 Å². The van der Waals surface area contributed by atoms with Gasteiger partial charge in [-0.05, 0) is 31.5 Å². The zero-order chi connectivity index (χ0) is 13.7. The summed E-state index contributed by atoms with van der Waals surface area (Å²) in [5.41, 5.74) is 0.732. The molecule has 1 fully saturated rings. The molecule has 2 rings (SSSR count). The molecule has 0 aliphatic carbocycles. The number of phenolic OH excluding ortho intramolecular Hbond substituents is 1. The fourth-order valence-electron chi connectivity index (χ4n) is 2.53. The number of halogens is 1. The van der Waals surface area contributed by atoms with Gasteiger partial charge >= 0.3 is 0 Å². The Balaban J connectivity index is 2.02. The largest absolute Gasteiger partial charge is 0.508 e. The van der Waals surface area contributed by atoms with Gasteiger partial charge in [0.1, 0.15) is 5.75 Å². The molecule has 0 radical (unpaired) electrons. The summed E-state index contributed by atoms with van der Waals surface area (Å²) >= 11 is 6.13. The number of nitrogens with one attached hydrogen (secondary N) is 1. The summed E-state index contributed by atoms with van der Waals surface area (Å²) in [6.07, 6.45) is 2.37. The molecule has 1 aliphatic rings. The lowest BCUT2D eigenvalue weighted by atomic mass is 10.1. The van der Waals surface area contributed by atoms with Gasteiger partial charge < -0.3 is 15.5 Å². The van der Waals surface area contributed by atoms with Gasteiger partial charge in [-0.15, -0.1) is 0 Å². The summed E-state index contributed by atoms with van der Waals surface area (Å²) < 4.78 is 0. The van der Waals surface area contributed by atoms with E-state index in [1.165, 1.54) is 6.42 Å². The first-order valence-electron chi connectivity index (χ1n) is 6.73. The highest BCUT2D eigenvalue weighted by atomic mass is 35.5. The van der Waals surface area contributed by atoms with E-state index in [0.717, 1.165) is 25.1 Å². The third-order valence-electron chi connectivity index (χ3n) is 3.53. The number of nitrogens with zero attached hydrogens (tertiary/aromatic N) is 1. The normalized spacial score (nSPS) is 19.2. The van der Waals surface area contributed by atoms with Gasteiger partial charge in [-0.1, -0.05) is 17.7 Å². The standard InChI is InChI=1S/C14H21ClN2O2/c15-13-4-1-5-14(19)12(13)10-17(7-8-18)9-11-3-2-6-16-11/h1,4-5,11,16,18-19H,2-3,6-10H2. The van der Waals surface area contributed by atoms with E-state index in [2.05, 4.69) is 10.2 Å². The average molecular weight is 285 g/mol. The molecule has 19 heavy (non-hydrogen) atoms. The molecule has 1 unspecified atom stereocenters. The maximum atomic E-state index is 9.88.